The Morgan fingerprint density at radius 2 is 1.44 bits per heavy atom. The Bertz CT molecular complexity index is 1510. The second-order valence-electron chi connectivity index (χ2n) is 12.5. The van der Waals surface area contributed by atoms with E-state index in [4.69, 9.17) is 0 Å². The van der Waals surface area contributed by atoms with Crippen LogP contribution in [0.25, 0.3) is 11.1 Å². The molecular weight excluding hydrogens is 530 g/mol. The molecule has 0 saturated carbocycles. The number of rotatable bonds is 8. The fourth-order valence-corrected chi connectivity index (χ4v) is 6.11. The summed E-state index contributed by atoms with van der Waals surface area (Å²) in [6, 6.07) is 34.5. The van der Waals surface area contributed by atoms with Gasteiger partial charge in [-0.15, -0.1) is 0 Å². The molecule has 1 aliphatic heterocycles. The number of hydrogen-bond acceptors (Lipinski definition) is 3. The third-order valence-corrected chi connectivity index (χ3v) is 8.53. The summed E-state index contributed by atoms with van der Waals surface area (Å²) in [6.07, 6.45) is 1.89. The first-order chi connectivity index (χ1) is 20.7. The van der Waals surface area contributed by atoms with Gasteiger partial charge >= 0.3 is 0 Å². The first-order valence-electron chi connectivity index (χ1n) is 15.4. The molecule has 1 aliphatic rings. The predicted molar refractivity (Wildman–Crippen MR) is 178 cm³/mol. The number of nitrogens with one attached hydrogen (secondary N) is 2. The van der Waals surface area contributed by atoms with E-state index in [1.807, 2.05) is 61.5 Å². The number of anilines is 2. The first kappa shape index (κ1) is 30.1. The van der Waals surface area contributed by atoms with Gasteiger partial charge in [-0.1, -0.05) is 93.6 Å². The van der Waals surface area contributed by atoms with Crippen molar-refractivity contribution < 1.29 is 9.59 Å². The molecule has 0 aliphatic carbocycles. The minimum atomic E-state index is -0.125. The van der Waals surface area contributed by atoms with Gasteiger partial charge in [0.15, 0.2) is 0 Å². The summed E-state index contributed by atoms with van der Waals surface area (Å²) >= 11 is 0. The van der Waals surface area contributed by atoms with Crippen LogP contribution >= 0.6 is 0 Å². The quantitative estimate of drug-likeness (QED) is 0.224. The summed E-state index contributed by atoms with van der Waals surface area (Å²) < 4.78 is 0. The fraction of sp³-hybridized carbons (Fsp3) is 0.316. The molecule has 1 atom stereocenters. The molecule has 0 radical (unpaired) electrons. The number of carbonyl (C=O) groups excluding carboxylic acids is 2. The van der Waals surface area contributed by atoms with Crippen molar-refractivity contribution in [1.82, 2.24) is 5.32 Å². The molecule has 4 aromatic rings. The van der Waals surface area contributed by atoms with Crippen LogP contribution in [0.1, 0.15) is 67.9 Å². The van der Waals surface area contributed by atoms with E-state index in [0.29, 0.717) is 18.0 Å². The number of nitrogens with zero attached hydrogens (tertiary/aromatic N) is 1. The summed E-state index contributed by atoms with van der Waals surface area (Å²) in [6.45, 7) is 11.0. The molecular formula is C38H43N3O2. The highest BCUT2D eigenvalue weighted by atomic mass is 16.2. The number of likely N-dealkylation sites (N-methyl/N-ethyl adjacent to an activating group) is 1. The summed E-state index contributed by atoms with van der Waals surface area (Å²) in [5.74, 6) is 0.172. The van der Waals surface area contributed by atoms with Gasteiger partial charge in [0.1, 0.15) is 0 Å². The van der Waals surface area contributed by atoms with E-state index in [0.717, 1.165) is 54.0 Å². The van der Waals surface area contributed by atoms with Gasteiger partial charge < -0.3 is 15.5 Å². The van der Waals surface area contributed by atoms with E-state index in [-0.39, 0.29) is 23.1 Å². The third kappa shape index (κ3) is 7.16. The molecule has 1 unspecified atom stereocenters. The van der Waals surface area contributed by atoms with E-state index in [1.165, 1.54) is 5.56 Å². The lowest BCUT2D eigenvalue weighted by molar-refractivity contribution is -0.123. The number of piperidine rings is 1. The summed E-state index contributed by atoms with van der Waals surface area (Å²) in [7, 11) is 0. The minimum Gasteiger partial charge on any atom is -0.372 e. The topological polar surface area (TPSA) is 61.4 Å². The van der Waals surface area contributed by atoms with Crippen molar-refractivity contribution in [1.29, 1.82) is 0 Å². The molecule has 2 amide bonds. The van der Waals surface area contributed by atoms with E-state index >= 15 is 0 Å². The second-order valence-corrected chi connectivity index (χ2v) is 12.5. The third-order valence-electron chi connectivity index (χ3n) is 8.53. The standard InChI is InChI=1S/C38H43N3O2/c1-5-39-37(43)35(28-11-7-6-8-12-28)29-23-25-41(26-24-29)32-21-19-31(20-22-32)40-36(42)34-14-10-9-13-33(34)27-15-17-30(18-16-27)38(2,3)4/h6-22,29,35H,5,23-26H2,1-4H3,(H,39,43)(H,40,42). The van der Waals surface area contributed by atoms with Crippen LogP contribution in [-0.4, -0.2) is 31.4 Å². The molecule has 5 nitrogen and oxygen atoms in total. The Morgan fingerprint density at radius 1 is 0.814 bits per heavy atom. The first-order valence-corrected chi connectivity index (χ1v) is 15.4. The molecule has 43 heavy (non-hydrogen) atoms. The van der Waals surface area contributed by atoms with Gasteiger partial charge in [-0.3, -0.25) is 9.59 Å². The average Bonchev–Trinajstić information content (AvgIpc) is 3.02. The normalized spacial score (nSPS) is 14.7. The Hall–Kier alpha value is -4.38. The van der Waals surface area contributed by atoms with Crippen molar-refractivity contribution in [2.24, 2.45) is 5.92 Å². The van der Waals surface area contributed by atoms with Crippen molar-refractivity contribution >= 4 is 23.2 Å². The van der Waals surface area contributed by atoms with Crippen molar-refractivity contribution in [3.05, 3.63) is 120 Å². The van der Waals surface area contributed by atoms with Gasteiger partial charge in [-0.2, -0.15) is 0 Å². The van der Waals surface area contributed by atoms with E-state index in [2.05, 4.69) is 84.8 Å². The highest BCUT2D eigenvalue weighted by Gasteiger charge is 2.32. The largest absolute Gasteiger partial charge is 0.372 e. The number of hydrogen-bond donors (Lipinski definition) is 2. The second kappa shape index (κ2) is 13.3. The molecule has 5 heteroatoms. The molecule has 4 aromatic carbocycles. The smallest absolute Gasteiger partial charge is 0.256 e. The lowest BCUT2D eigenvalue weighted by Crippen LogP contribution is -2.40. The van der Waals surface area contributed by atoms with Crippen LogP contribution in [0.4, 0.5) is 11.4 Å². The average molecular weight is 574 g/mol. The minimum absolute atomic E-state index is 0.0766. The van der Waals surface area contributed by atoms with Crippen molar-refractivity contribution in [3.8, 4) is 11.1 Å². The monoisotopic (exact) mass is 573 g/mol. The van der Waals surface area contributed by atoms with Crippen LogP contribution in [-0.2, 0) is 10.2 Å². The Morgan fingerprint density at radius 3 is 2.07 bits per heavy atom. The van der Waals surface area contributed by atoms with E-state index in [1.54, 1.807) is 0 Å². The zero-order chi connectivity index (χ0) is 30.4. The van der Waals surface area contributed by atoms with Gasteiger partial charge in [0.25, 0.3) is 5.91 Å². The fourth-order valence-electron chi connectivity index (χ4n) is 6.11. The van der Waals surface area contributed by atoms with Crippen LogP contribution in [0.2, 0.25) is 0 Å². The van der Waals surface area contributed by atoms with Crippen LogP contribution in [0.15, 0.2) is 103 Å². The molecule has 0 spiro atoms. The van der Waals surface area contributed by atoms with Crippen LogP contribution in [0.3, 0.4) is 0 Å². The Labute approximate surface area is 256 Å². The summed E-state index contributed by atoms with van der Waals surface area (Å²) in [5.41, 5.74) is 6.92. The molecule has 1 heterocycles. The number of amides is 2. The van der Waals surface area contributed by atoms with Gasteiger partial charge in [0, 0.05) is 36.6 Å². The Kier molecular flexibility index (Phi) is 9.30. The van der Waals surface area contributed by atoms with Gasteiger partial charge in [0.2, 0.25) is 5.91 Å². The van der Waals surface area contributed by atoms with Gasteiger partial charge in [0.05, 0.1) is 5.92 Å². The van der Waals surface area contributed by atoms with Crippen LogP contribution in [0, 0.1) is 5.92 Å². The molecule has 2 N–H and O–H groups in total. The maximum absolute atomic E-state index is 13.4. The zero-order valence-electron chi connectivity index (χ0n) is 25.8. The van der Waals surface area contributed by atoms with Crippen molar-refractivity contribution in [3.63, 3.8) is 0 Å². The summed E-state index contributed by atoms with van der Waals surface area (Å²) in [5, 5.41) is 6.15. The zero-order valence-corrected chi connectivity index (χ0v) is 25.8. The molecule has 1 fully saturated rings. The molecule has 0 aromatic heterocycles. The molecule has 222 valence electrons. The van der Waals surface area contributed by atoms with Gasteiger partial charge in [-0.05, 0) is 83.7 Å². The van der Waals surface area contributed by atoms with Gasteiger partial charge in [-0.25, -0.2) is 0 Å². The highest BCUT2D eigenvalue weighted by Crippen LogP contribution is 2.35. The van der Waals surface area contributed by atoms with E-state index < -0.39 is 0 Å². The Balaban J connectivity index is 1.23. The summed E-state index contributed by atoms with van der Waals surface area (Å²) in [4.78, 5) is 28.8. The van der Waals surface area contributed by atoms with Crippen LogP contribution in [0.5, 0.6) is 0 Å². The lowest BCUT2D eigenvalue weighted by Gasteiger charge is -2.37. The molecule has 0 bridgehead atoms. The molecule has 5 rings (SSSR count). The van der Waals surface area contributed by atoms with E-state index in [9.17, 15) is 9.59 Å². The molecule has 1 saturated heterocycles. The van der Waals surface area contributed by atoms with Crippen molar-refractivity contribution in [2.75, 3.05) is 29.9 Å². The SMILES string of the molecule is CCNC(=O)C(c1ccccc1)C1CCN(c2ccc(NC(=O)c3ccccc3-c3ccc(C(C)(C)C)cc3)cc2)CC1. The highest BCUT2D eigenvalue weighted by molar-refractivity contribution is 6.08. The maximum atomic E-state index is 13.4. The lowest BCUT2D eigenvalue weighted by atomic mass is 9.79. The maximum Gasteiger partial charge on any atom is 0.256 e. The number of benzene rings is 4. The van der Waals surface area contributed by atoms with Crippen molar-refractivity contribution in [2.45, 2.75) is 51.9 Å². The predicted octanol–water partition coefficient (Wildman–Crippen LogP) is 8.04. The van der Waals surface area contributed by atoms with Crippen LogP contribution < -0.4 is 15.5 Å². The number of carbonyl (C=O) groups is 2.